The number of hydrogen-bond donors (Lipinski definition) is 6. The second-order valence-electron chi connectivity index (χ2n) is 7.77. The lowest BCUT2D eigenvalue weighted by Gasteiger charge is -2.40. The molecule has 0 saturated carbocycles. The van der Waals surface area contributed by atoms with Crippen LogP contribution in [0.25, 0.3) is 0 Å². The average Bonchev–Trinajstić information content (AvgIpc) is 3.07. The molecule has 0 aliphatic carbocycles. The van der Waals surface area contributed by atoms with Gasteiger partial charge >= 0.3 is 0 Å². The largest absolute Gasteiger partial charge is 0.493 e. The van der Waals surface area contributed by atoms with Gasteiger partial charge in [-0.15, -0.1) is 0 Å². The van der Waals surface area contributed by atoms with Crippen LogP contribution in [0.5, 0.6) is 11.5 Å². The molecular formula is C20H28O12. The zero-order valence-corrected chi connectivity index (χ0v) is 17.5. The van der Waals surface area contributed by atoms with Crippen LogP contribution in [0, 0.1) is 0 Å². The molecule has 2 aliphatic rings. The monoisotopic (exact) mass is 460 g/mol. The third-order valence-corrected chi connectivity index (χ3v) is 5.49. The lowest BCUT2D eigenvalue weighted by molar-refractivity contribution is -0.289. The average molecular weight is 460 g/mol. The summed E-state index contributed by atoms with van der Waals surface area (Å²) in [5.74, 6) is 0.115. The number of aliphatic hydroxyl groups is 6. The Balaban J connectivity index is 1.69. The maximum Gasteiger partial charge on any atom is 0.229 e. The zero-order valence-electron chi connectivity index (χ0n) is 17.5. The molecule has 32 heavy (non-hydrogen) atoms. The number of ether oxygens (including phenoxy) is 5. The molecule has 12 heteroatoms. The number of rotatable bonds is 8. The first kappa shape index (κ1) is 24.8. The van der Waals surface area contributed by atoms with Crippen LogP contribution >= 0.6 is 0 Å². The van der Waals surface area contributed by atoms with Crippen molar-refractivity contribution in [1.29, 1.82) is 0 Å². The molecular weight excluding hydrogens is 432 g/mol. The molecule has 2 saturated heterocycles. The molecule has 0 aromatic heterocycles. The van der Waals surface area contributed by atoms with Gasteiger partial charge in [-0.2, -0.15) is 0 Å². The van der Waals surface area contributed by atoms with E-state index in [0.29, 0.717) is 5.56 Å². The summed E-state index contributed by atoms with van der Waals surface area (Å²) >= 11 is 0. The van der Waals surface area contributed by atoms with Crippen molar-refractivity contribution in [3.05, 3.63) is 23.8 Å². The lowest BCUT2D eigenvalue weighted by Crippen LogP contribution is -2.60. The first-order valence-electron chi connectivity index (χ1n) is 9.91. The Kier molecular flexibility index (Phi) is 7.70. The van der Waals surface area contributed by atoms with E-state index in [1.807, 2.05) is 0 Å². The molecule has 2 heterocycles. The van der Waals surface area contributed by atoms with Gasteiger partial charge in [-0.3, -0.25) is 4.79 Å². The molecule has 2 aliphatic heterocycles. The minimum absolute atomic E-state index is 0.118. The van der Waals surface area contributed by atoms with E-state index < -0.39 is 61.9 Å². The van der Waals surface area contributed by atoms with Gasteiger partial charge in [0, 0.05) is 5.56 Å². The summed E-state index contributed by atoms with van der Waals surface area (Å²) in [5.41, 5.74) is -1.51. The van der Waals surface area contributed by atoms with Gasteiger partial charge in [0.15, 0.2) is 23.6 Å². The molecule has 180 valence electrons. The Labute approximate surface area is 183 Å². The van der Waals surface area contributed by atoms with Crippen molar-refractivity contribution >= 4 is 5.78 Å². The number of benzene rings is 1. The fraction of sp³-hybridized carbons (Fsp3) is 0.650. The van der Waals surface area contributed by atoms with Crippen LogP contribution in [0.15, 0.2) is 18.2 Å². The Bertz CT molecular complexity index is 803. The SMILES string of the molecule is COc1cc(C(C)=O)ccc1O[C@@H]1O[C@H](CO[C@H]2OC[C@@](O)(CO)[C@@H]2O)[C@@H](O)[C@H](O)[C@H]1O. The van der Waals surface area contributed by atoms with Crippen molar-refractivity contribution in [3.63, 3.8) is 0 Å². The molecule has 8 atom stereocenters. The minimum Gasteiger partial charge on any atom is -0.493 e. The van der Waals surface area contributed by atoms with E-state index in [2.05, 4.69) is 0 Å². The van der Waals surface area contributed by atoms with Gasteiger partial charge in [-0.25, -0.2) is 0 Å². The van der Waals surface area contributed by atoms with Crippen LogP contribution in [-0.2, 0) is 14.2 Å². The molecule has 1 aromatic rings. The molecule has 0 spiro atoms. The number of ketones is 1. The predicted octanol–water partition coefficient (Wildman–Crippen LogP) is -2.46. The topological polar surface area (TPSA) is 185 Å². The van der Waals surface area contributed by atoms with Crippen molar-refractivity contribution in [2.24, 2.45) is 0 Å². The van der Waals surface area contributed by atoms with Crippen LogP contribution in [0.4, 0.5) is 0 Å². The highest BCUT2D eigenvalue weighted by Gasteiger charge is 2.50. The highest BCUT2D eigenvalue weighted by molar-refractivity contribution is 5.94. The van der Waals surface area contributed by atoms with Crippen LogP contribution in [-0.4, -0.2) is 112 Å². The van der Waals surface area contributed by atoms with E-state index in [1.165, 1.54) is 32.2 Å². The second kappa shape index (κ2) is 9.95. The second-order valence-corrected chi connectivity index (χ2v) is 7.77. The summed E-state index contributed by atoms with van der Waals surface area (Å²) in [5, 5.41) is 60.0. The number of Topliss-reactive ketones (excluding diaryl/α,β-unsaturated/α-hetero) is 1. The maximum absolute atomic E-state index is 11.6. The van der Waals surface area contributed by atoms with Gasteiger partial charge < -0.3 is 54.3 Å². The van der Waals surface area contributed by atoms with Gasteiger partial charge in [-0.05, 0) is 25.1 Å². The van der Waals surface area contributed by atoms with Crippen LogP contribution in [0.2, 0.25) is 0 Å². The number of hydrogen-bond acceptors (Lipinski definition) is 12. The first-order valence-corrected chi connectivity index (χ1v) is 9.91. The normalized spacial score (nSPS) is 37.3. The fourth-order valence-corrected chi connectivity index (χ4v) is 3.39. The van der Waals surface area contributed by atoms with Gasteiger partial charge in [0.2, 0.25) is 6.29 Å². The molecule has 3 rings (SSSR count). The highest BCUT2D eigenvalue weighted by atomic mass is 16.7. The quantitative estimate of drug-likeness (QED) is 0.225. The predicted molar refractivity (Wildman–Crippen MR) is 104 cm³/mol. The zero-order chi connectivity index (χ0) is 23.6. The summed E-state index contributed by atoms with van der Waals surface area (Å²) < 4.78 is 26.9. The standard InChI is InChI=1S/C20H28O12/c1-9(22)10-3-4-11(12(5-10)28-2)31-18-16(25)15(24)14(23)13(32-18)6-29-19-17(26)20(27,7-21)8-30-19/h3-5,13-19,21,23-27H,6-8H2,1-2H3/t13-,14-,15+,16-,17-,18-,19+,20+/m1/s1. The van der Waals surface area contributed by atoms with E-state index in [4.69, 9.17) is 23.7 Å². The Morgan fingerprint density at radius 3 is 2.44 bits per heavy atom. The van der Waals surface area contributed by atoms with Crippen LogP contribution in [0.3, 0.4) is 0 Å². The van der Waals surface area contributed by atoms with E-state index >= 15 is 0 Å². The summed E-state index contributed by atoms with van der Waals surface area (Å²) in [4.78, 5) is 11.6. The van der Waals surface area contributed by atoms with E-state index in [9.17, 15) is 35.4 Å². The van der Waals surface area contributed by atoms with E-state index in [0.717, 1.165) is 0 Å². The van der Waals surface area contributed by atoms with Crippen LogP contribution < -0.4 is 9.47 Å². The number of carbonyl (C=O) groups is 1. The molecule has 1 aromatic carbocycles. The summed E-state index contributed by atoms with van der Waals surface area (Å²) in [6.45, 7) is -0.138. The molecule has 0 unspecified atom stereocenters. The minimum atomic E-state index is -1.89. The van der Waals surface area contributed by atoms with Crippen molar-refractivity contribution in [1.82, 2.24) is 0 Å². The van der Waals surface area contributed by atoms with Gasteiger partial charge in [0.25, 0.3) is 0 Å². The van der Waals surface area contributed by atoms with Crippen molar-refractivity contribution in [2.45, 2.75) is 55.6 Å². The Hall–Kier alpha value is -1.87. The summed E-state index contributed by atoms with van der Waals surface area (Å²) in [7, 11) is 1.36. The highest BCUT2D eigenvalue weighted by Crippen LogP contribution is 2.33. The first-order chi connectivity index (χ1) is 15.1. The van der Waals surface area contributed by atoms with E-state index in [-0.39, 0.29) is 23.9 Å². The van der Waals surface area contributed by atoms with Crippen molar-refractivity contribution in [2.75, 3.05) is 26.9 Å². The Morgan fingerprint density at radius 1 is 1.12 bits per heavy atom. The number of aliphatic hydroxyl groups excluding tert-OH is 5. The third-order valence-electron chi connectivity index (χ3n) is 5.49. The van der Waals surface area contributed by atoms with E-state index in [1.54, 1.807) is 0 Å². The summed E-state index contributed by atoms with van der Waals surface area (Å²) in [6, 6.07) is 4.37. The van der Waals surface area contributed by atoms with Gasteiger partial charge in [-0.1, -0.05) is 0 Å². The maximum atomic E-state index is 11.6. The van der Waals surface area contributed by atoms with Crippen LogP contribution in [0.1, 0.15) is 17.3 Å². The molecule has 6 N–H and O–H groups in total. The van der Waals surface area contributed by atoms with Crippen molar-refractivity contribution < 1.29 is 59.1 Å². The third kappa shape index (κ3) is 4.88. The molecule has 0 radical (unpaired) electrons. The Morgan fingerprint density at radius 2 is 1.84 bits per heavy atom. The molecule has 0 bridgehead atoms. The lowest BCUT2D eigenvalue weighted by atomic mass is 9.99. The fourth-order valence-electron chi connectivity index (χ4n) is 3.39. The summed E-state index contributed by atoms with van der Waals surface area (Å²) in [6.07, 6.45) is -10.4. The molecule has 0 amide bonds. The molecule has 2 fully saturated rings. The van der Waals surface area contributed by atoms with Gasteiger partial charge in [0.05, 0.1) is 26.9 Å². The number of methoxy groups -OCH3 is 1. The van der Waals surface area contributed by atoms with Crippen molar-refractivity contribution in [3.8, 4) is 11.5 Å². The van der Waals surface area contributed by atoms with Gasteiger partial charge in [0.1, 0.15) is 36.1 Å². The smallest absolute Gasteiger partial charge is 0.229 e. The number of carbonyl (C=O) groups excluding carboxylic acids is 1. The molecule has 12 nitrogen and oxygen atoms in total.